The molecule has 0 bridgehead atoms. The van der Waals surface area contributed by atoms with Gasteiger partial charge < -0.3 is 0 Å². The van der Waals surface area contributed by atoms with Crippen LogP contribution in [0.1, 0.15) is 97.8 Å². The standard InChI is InChI=1S/C16H34.BrH/c1-4-5-6-7-8-9-10-11-12-13-14-15-16(2)3;/h16H,4-15H2,1-3H3;1H. The highest BCUT2D eigenvalue weighted by atomic mass is 79.9. The zero-order valence-corrected chi connectivity index (χ0v) is 14.2. The second kappa shape index (κ2) is 16.5. The first-order valence-electron chi connectivity index (χ1n) is 7.77. The molecule has 0 unspecified atom stereocenters. The second-order valence-corrected chi connectivity index (χ2v) is 5.72. The summed E-state index contributed by atoms with van der Waals surface area (Å²) < 4.78 is 0. The maximum atomic E-state index is 2.33. The molecule has 0 N–H and O–H groups in total. The normalized spacial score (nSPS) is 10.6. The third-order valence-electron chi connectivity index (χ3n) is 3.39. The second-order valence-electron chi connectivity index (χ2n) is 5.72. The Morgan fingerprint density at radius 2 is 0.941 bits per heavy atom. The highest BCUT2D eigenvalue weighted by Gasteiger charge is 1.95. The molecule has 0 amide bonds. The maximum absolute atomic E-state index is 2.33. The smallest absolute Gasteiger partial charge is 0.0471 e. The largest absolute Gasteiger partial charge is 0.114 e. The summed E-state index contributed by atoms with van der Waals surface area (Å²) in [4.78, 5) is 0. The van der Waals surface area contributed by atoms with Crippen molar-refractivity contribution in [2.75, 3.05) is 0 Å². The summed E-state index contributed by atoms with van der Waals surface area (Å²) in [7, 11) is 0. The summed E-state index contributed by atoms with van der Waals surface area (Å²) in [5, 5.41) is 0. The molecule has 0 aromatic heterocycles. The number of halogens is 1. The van der Waals surface area contributed by atoms with E-state index in [1.165, 1.54) is 77.0 Å². The van der Waals surface area contributed by atoms with Gasteiger partial charge >= 0.3 is 0 Å². The van der Waals surface area contributed by atoms with Crippen LogP contribution >= 0.6 is 17.0 Å². The van der Waals surface area contributed by atoms with E-state index in [2.05, 4.69) is 20.8 Å². The van der Waals surface area contributed by atoms with E-state index in [-0.39, 0.29) is 17.0 Å². The van der Waals surface area contributed by atoms with Gasteiger partial charge in [-0.3, -0.25) is 0 Å². The molecule has 0 rings (SSSR count). The SMILES string of the molecule is Br.CCCCCCCCCCCCCC(C)C. The van der Waals surface area contributed by atoms with Crippen LogP contribution in [0.2, 0.25) is 0 Å². The molecule has 106 valence electrons. The van der Waals surface area contributed by atoms with E-state index in [9.17, 15) is 0 Å². The molecular formula is C16H35Br. The lowest BCUT2D eigenvalue weighted by Gasteiger charge is -2.04. The first-order valence-corrected chi connectivity index (χ1v) is 7.77. The molecule has 0 aliphatic rings. The monoisotopic (exact) mass is 306 g/mol. The summed E-state index contributed by atoms with van der Waals surface area (Å²) in [5.74, 6) is 0.901. The molecule has 0 heterocycles. The van der Waals surface area contributed by atoms with Gasteiger partial charge in [-0.1, -0.05) is 97.8 Å². The molecule has 0 aromatic rings. The summed E-state index contributed by atoms with van der Waals surface area (Å²) in [6.07, 6.45) is 17.5. The molecule has 0 aliphatic heterocycles. The highest BCUT2D eigenvalue weighted by molar-refractivity contribution is 8.93. The van der Waals surface area contributed by atoms with Gasteiger partial charge in [-0.05, 0) is 5.92 Å². The first kappa shape index (κ1) is 19.8. The zero-order chi connectivity index (χ0) is 12.1. The van der Waals surface area contributed by atoms with Gasteiger partial charge in [0.25, 0.3) is 0 Å². The Hall–Kier alpha value is 0.480. The van der Waals surface area contributed by atoms with Crippen molar-refractivity contribution >= 4 is 17.0 Å². The van der Waals surface area contributed by atoms with Gasteiger partial charge in [0.1, 0.15) is 0 Å². The molecule has 0 aromatic carbocycles. The van der Waals surface area contributed by atoms with Crippen LogP contribution in [0, 0.1) is 5.92 Å². The third kappa shape index (κ3) is 19.0. The van der Waals surface area contributed by atoms with Crippen molar-refractivity contribution in [3.63, 3.8) is 0 Å². The number of rotatable bonds is 12. The fourth-order valence-corrected chi connectivity index (χ4v) is 2.22. The van der Waals surface area contributed by atoms with Crippen LogP contribution in [0.4, 0.5) is 0 Å². The highest BCUT2D eigenvalue weighted by Crippen LogP contribution is 2.13. The first-order chi connectivity index (χ1) is 7.77. The molecule has 0 radical (unpaired) electrons. The molecule has 0 spiro atoms. The Morgan fingerprint density at radius 3 is 1.29 bits per heavy atom. The number of hydrogen-bond donors (Lipinski definition) is 0. The van der Waals surface area contributed by atoms with E-state index in [1.54, 1.807) is 0 Å². The summed E-state index contributed by atoms with van der Waals surface area (Å²) in [5.41, 5.74) is 0. The molecule has 17 heavy (non-hydrogen) atoms. The third-order valence-corrected chi connectivity index (χ3v) is 3.39. The minimum atomic E-state index is 0. The summed E-state index contributed by atoms with van der Waals surface area (Å²) in [6, 6.07) is 0. The van der Waals surface area contributed by atoms with Crippen LogP contribution in [-0.4, -0.2) is 0 Å². The maximum Gasteiger partial charge on any atom is -0.0471 e. The predicted octanol–water partition coefficient (Wildman–Crippen LogP) is 6.92. The molecule has 1 heteroatoms. The van der Waals surface area contributed by atoms with Crippen LogP contribution in [0.3, 0.4) is 0 Å². The Morgan fingerprint density at radius 1 is 0.588 bits per heavy atom. The van der Waals surface area contributed by atoms with Crippen molar-refractivity contribution in [2.45, 2.75) is 97.8 Å². The number of hydrogen-bond acceptors (Lipinski definition) is 0. The van der Waals surface area contributed by atoms with E-state index in [0.29, 0.717) is 0 Å². The molecule has 0 saturated carbocycles. The molecule has 0 fully saturated rings. The Balaban J connectivity index is 0. The fourth-order valence-electron chi connectivity index (χ4n) is 2.22. The fraction of sp³-hybridized carbons (Fsp3) is 1.00. The van der Waals surface area contributed by atoms with Crippen molar-refractivity contribution in [2.24, 2.45) is 5.92 Å². The van der Waals surface area contributed by atoms with E-state index < -0.39 is 0 Å². The predicted molar refractivity (Wildman–Crippen MR) is 86.2 cm³/mol. The lowest BCUT2D eigenvalue weighted by molar-refractivity contribution is 0.504. The van der Waals surface area contributed by atoms with Gasteiger partial charge in [0.2, 0.25) is 0 Å². The van der Waals surface area contributed by atoms with E-state index in [4.69, 9.17) is 0 Å². The lowest BCUT2D eigenvalue weighted by Crippen LogP contribution is -1.87. The Kier molecular flexibility index (Phi) is 19.2. The van der Waals surface area contributed by atoms with Gasteiger partial charge in [0, 0.05) is 0 Å². The average molecular weight is 307 g/mol. The summed E-state index contributed by atoms with van der Waals surface area (Å²) in [6.45, 7) is 6.95. The lowest BCUT2D eigenvalue weighted by atomic mass is 10.0. The topological polar surface area (TPSA) is 0 Å². The van der Waals surface area contributed by atoms with Gasteiger partial charge in [-0.15, -0.1) is 17.0 Å². The molecular weight excluding hydrogens is 272 g/mol. The van der Waals surface area contributed by atoms with Crippen LogP contribution in [-0.2, 0) is 0 Å². The minimum absolute atomic E-state index is 0. The minimum Gasteiger partial charge on any atom is -0.114 e. The number of unbranched alkanes of at least 4 members (excludes halogenated alkanes) is 10. The van der Waals surface area contributed by atoms with Gasteiger partial charge in [-0.2, -0.15) is 0 Å². The Bertz CT molecular complexity index is 121. The van der Waals surface area contributed by atoms with E-state index >= 15 is 0 Å². The van der Waals surface area contributed by atoms with Crippen LogP contribution in [0.5, 0.6) is 0 Å². The van der Waals surface area contributed by atoms with Gasteiger partial charge in [0.15, 0.2) is 0 Å². The molecule has 0 atom stereocenters. The molecule has 0 nitrogen and oxygen atoms in total. The molecule has 0 aliphatic carbocycles. The van der Waals surface area contributed by atoms with Crippen LogP contribution < -0.4 is 0 Å². The van der Waals surface area contributed by atoms with E-state index in [0.717, 1.165) is 5.92 Å². The van der Waals surface area contributed by atoms with Crippen molar-refractivity contribution < 1.29 is 0 Å². The quantitative estimate of drug-likeness (QED) is 0.343. The van der Waals surface area contributed by atoms with Crippen molar-refractivity contribution in [3.8, 4) is 0 Å². The van der Waals surface area contributed by atoms with Crippen LogP contribution in [0.15, 0.2) is 0 Å². The summed E-state index contributed by atoms with van der Waals surface area (Å²) >= 11 is 0. The Labute approximate surface area is 121 Å². The van der Waals surface area contributed by atoms with Gasteiger partial charge in [-0.25, -0.2) is 0 Å². The van der Waals surface area contributed by atoms with Crippen LogP contribution in [0.25, 0.3) is 0 Å². The van der Waals surface area contributed by atoms with Crippen molar-refractivity contribution in [1.82, 2.24) is 0 Å². The molecule has 0 saturated heterocycles. The van der Waals surface area contributed by atoms with Crippen molar-refractivity contribution in [3.05, 3.63) is 0 Å². The van der Waals surface area contributed by atoms with Gasteiger partial charge in [0.05, 0.1) is 0 Å². The van der Waals surface area contributed by atoms with Crippen molar-refractivity contribution in [1.29, 1.82) is 0 Å². The average Bonchev–Trinajstić information content (AvgIpc) is 2.25. The van der Waals surface area contributed by atoms with E-state index in [1.807, 2.05) is 0 Å². The zero-order valence-electron chi connectivity index (χ0n) is 12.5.